The van der Waals surface area contributed by atoms with Crippen LogP contribution in [0, 0.1) is 5.92 Å². The van der Waals surface area contributed by atoms with Crippen molar-refractivity contribution < 1.29 is 14.7 Å². The number of carboxylic acids is 1. The minimum absolute atomic E-state index is 0.0418. The molecule has 0 amide bonds. The number of benzene rings is 2. The van der Waals surface area contributed by atoms with E-state index >= 15 is 0 Å². The van der Waals surface area contributed by atoms with Crippen LogP contribution in [0.5, 0.6) is 0 Å². The third kappa shape index (κ3) is 2.78. The van der Waals surface area contributed by atoms with E-state index in [0.717, 1.165) is 31.2 Å². The number of carbonyl (C=O) groups is 2. The summed E-state index contributed by atoms with van der Waals surface area (Å²) in [5.74, 6) is -0.141. The van der Waals surface area contributed by atoms with Crippen LogP contribution < -0.4 is 0 Å². The molecule has 2 unspecified atom stereocenters. The molecule has 4 rings (SSSR count). The molecule has 0 aliphatic heterocycles. The summed E-state index contributed by atoms with van der Waals surface area (Å²) in [5.41, 5.74) is 4.03. The minimum Gasteiger partial charge on any atom is -0.478 e. The highest BCUT2D eigenvalue weighted by Crippen LogP contribution is 2.51. The van der Waals surface area contributed by atoms with Gasteiger partial charge in [0.2, 0.25) is 0 Å². The zero-order valence-corrected chi connectivity index (χ0v) is 14.2. The molecule has 2 atom stereocenters. The van der Waals surface area contributed by atoms with Crippen LogP contribution in [-0.2, 0) is 23.1 Å². The first-order chi connectivity index (χ1) is 12.1. The van der Waals surface area contributed by atoms with E-state index < -0.39 is 5.97 Å². The van der Waals surface area contributed by atoms with Gasteiger partial charge in [0, 0.05) is 18.3 Å². The van der Waals surface area contributed by atoms with Gasteiger partial charge in [0.1, 0.15) is 5.78 Å². The Morgan fingerprint density at radius 1 is 1.12 bits per heavy atom. The molecule has 0 bridgehead atoms. The summed E-state index contributed by atoms with van der Waals surface area (Å²) in [4.78, 5) is 23.4. The van der Waals surface area contributed by atoms with Crippen molar-refractivity contribution in [3.63, 3.8) is 0 Å². The Bertz CT molecular complexity index is 824. The lowest BCUT2D eigenvalue weighted by Crippen LogP contribution is -2.46. The molecule has 0 heterocycles. The largest absolute Gasteiger partial charge is 0.478 e. The maximum Gasteiger partial charge on any atom is 0.335 e. The van der Waals surface area contributed by atoms with Crippen LogP contribution in [0.25, 0.3) is 0 Å². The number of carboxylic acid groups (broad SMARTS) is 1. The maximum absolute atomic E-state index is 12.1. The number of ketones is 1. The quantitative estimate of drug-likeness (QED) is 0.916. The molecular weight excluding hydrogens is 312 g/mol. The molecule has 2 aromatic carbocycles. The molecule has 1 saturated carbocycles. The zero-order chi connectivity index (χ0) is 17.4. The van der Waals surface area contributed by atoms with Crippen LogP contribution in [0.1, 0.15) is 52.7 Å². The predicted molar refractivity (Wildman–Crippen MR) is 95.9 cm³/mol. The molecule has 1 N–H and O–H groups in total. The van der Waals surface area contributed by atoms with Crippen molar-refractivity contribution in [2.45, 2.75) is 43.9 Å². The summed E-state index contributed by atoms with van der Waals surface area (Å²) in [6.45, 7) is 0. The Labute approximate surface area is 147 Å². The lowest BCUT2D eigenvalue weighted by atomic mass is 9.55. The maximum atomic E-state index is 12.1. The molecular formula is C22H22O3. The van der Waals surface area contributed by atoms with Crippen LogP contribution in [-0.4, -0.2) is 16.9 Å². The molecule has 128 valence electrons. The number of hydrogen-bond acceptors (Lipinski definition) is 2. The average Bonchev–Trinajstić information content (AvgIpc) is 2.62. The number of aryl methyl sites for hydroxylation is 1. The predicted octanol–water partition coefficient (Wildman–Crippen LogP) is 4.18. The molecule has 2 aliphatic carbocycles. The summed E-state index contributed by atoms with van der Waals surface area (Å²) < 4.78 is 0. The third-order valence-electron chi connectivity index (χ3n) is 6.12. The number of Topliss-reactive ketones (excluding diaryl/α,β-unsaturated/α-hetero) is 1. The summed E-state index contributed by atoms with van der Waals surface area (Å²) in [6.07, 6.45) is 4.91. The molecule has 3 nitrogen and oxygen atoms in total. The Morgan fingerprint density at radius 2 is 1.92 bits per heavy atom. The van der Waals surface area contributed by atoms with Crippen molar-refractivity contribution in [2.75, 3.05) is 0 Å². The Hall–Kier alpha value is -2.42. The van der Waals surface area contributed by atoms with Gasteiger partial charge in [-0.2, -0.15) is 0 Å². The van der Waals surface area contributed by atoms with Crippen molar-refractivity contribution in [3.05, 3.63) is 70.8 Å². The molecule has 3 heteroatoms. The van der Waals surface area contributed by atoms with Gasteiger partial charge in [0.15, 0.2) is 0 Å². The molecule has 1 fully saturated rings. The first-order valence-corrected chi connectivity index (χ1v) is 9.01. The smallest absolute Gasteiger partial charge is 0.335 e. The van der Waals surface area contributed by atoms with Crippen molar-refractivity contribution in [3.8, 4) is 0 Å². The van der Waals surface area contributed by atoms with Crippen LogP contribution in [0.4, 0.5) is 0 Å². The highest BCUT2D eigenvalue weighted by atomic mass is 16.4. The summed E-state index contributed by atoms with van der Waals surface area (Å²) in [7, 11) is 0. The van der Waals surface area contributed by atoms with Gasteiger partial charge >= 0.3 is 5.97 Å². The SMILES string of the molecule is O=C1CCC2(Cc3ccccc3)c3ccc(C(=O)O)cc3CCC2C1. The van der Waals surface area contributed by atoms with Gasteiger partial charge in [-0.1, -0.05) is 36.4 Å². The first-order valence-electron chi connectivity index (χ1n) is 9.01. The first kappa shape index (κ1) is 16.1. The molecule has 2 aliphatic rings. The van der Waals surface area contributed by atoms with Crippen LogP contribution in [0.3, 0.4) is 0 Å². The fourth-order valence-corrected chi connectivity index (χ4v) is 4.91. The number of hydrogen-bond donors (Lipinski definition) is 1. The number of carbonyl (C=O) groups excluding carboxylic acids is 1. The van der Waals surface area contributed by atoms with Crippen LogP contribution >= 0.6 is 0 Å². The third-order valence-corrected chi connectivity index (χ3v) is 6.12. The lowest BCUT2D eigenvalue weighted by Gasteiger charge is -2.48. The van der Waals surface area contributed by atoms with Crippen molar-refractivity contribution in [1.29, 1.82) is 0 Å². The highest BCUT2D eigenvalue weighted by Gasteiger charge is 2.47. The van der Waals surface area contributed by atoms with Gasteiger partial charge in [0.25, 0.3) is 0 Å². The minimum atomic E-state index is -0.874. The van der Waals surface area contributed by atoms with Crippen molar-refractivity contribution in [1.82, 2.24) is 0 Å². The van der Waals surface area contributed by atoms with E-state index in [1.807, 2.05) is 18.2 Å². The van der Waals surface area contributed by atoms with Crippen molar-refractivity contribution in [2.24, 2.45) is 5.92 Å². The summed E-state index contributed by atoms with van der Waals surface area (Å²) >= 11 is 0. The number of aromatic carboxylic acids is 1. The number of rotatable bonds is 3. The van der Waals surface area contributed by atoms with Gasteiger partial charge in [0.05, 0.1) is 5.56 Å². The second kappa shape index (κ2) is 6.14. The van der Waals surface area contributed by atoms with E-state index in [2.05, 4.69) is 24.3 Å². The van der Waals surface area contributed by atoms with Crippen molar-refractivity contribution >= 4 is 11.8 Å². The zero-order valence-electron chi connectivity index (χ0n) is 14.2. The van der Waals surface area contributed by atoms with Crippen LogP contribution in [0.15, 0.2) is 48.5 Å². The molecule has 0 saturated heterocycles. The number of fused-ring (bicyclic) bond motifs is 3. The summed E-state index contributed by atoms with van der Waals surface area (Å²) in [5, 5.41) is 9.31. The fourth-order valence-electron chi connectivity index (χ4n) is 4.91. The Kier molecular flexibility index (Phi) is 3.95. The van der Waals surface area contributed by atoms with E-state index in [-0.39, 0.29) is 5.41 Å². The molecule has 25 heavy (non-hydrogen) atoms. The second-order valence-corrected chi connectivity index (χ2v) is 7.47. The summed E-state index contributed by atoms with van der Waals surface area (Å²) in [6, 6.07) is 16.0. The topological polar surface area (TPSA) is 54.4 Å². The van der Waals surface area contributed by atoms with Gasteiger partial charge in [-0.25, -0.2) is 4.79 Å². The fraction of sp³-hybridized carbons (Fsp3) is 0.364. The normalized spacial score (nSPS) is 25.1. The van der Waals surface area contributed by atoms with Gasteiger partial charge in [-0.05, 0) is 60.4 Å². The van der Waals surface area contributed by atoms with Gasteiger partial charge in [-0.15, -0.1) is 0 Å². The monoisotopic (exact) mass is 334 g/mol. The van der Waals surface area contributed by atoms with Crippen LogP contribution in [0.2, 0.25) is 0 Å². The van der Waals surface area contributed by atoms with E-state index in [9.17, 15) is 14.7 Å². The second-order valence-electron chi connectivity index (χ2n) is 7.47. The van der Waals surface area contributed by atoms with Gasteiger partial charge < -0.3 is 5.11 Å². The van der Waals surface area contributed by atoms with E-state index in [1.54, 1.807) is 6.07 Å². The van der Waals surface area contributed by atoms with Gasteiger partial charge in [-0.3, -0.25) is 4.79 Å². The standard InChI is InChI=1S/C22H22O3/c23-19-10-11-22(14-15-4-2-1-3-5-15)18(13-19)8-6-16-12-17(21(24)25)7-9-20(16)22/h1-5,7,9,12,18H,6,8,10-11,13-14H2,(H,24,25). The Balaban J connectivity index is 1.81. The molecule has 0 spiro atoms. The average molecular weight is 334 g/mol. The Morgan fingerprint density at radius 3 is 2.68 bits per heavy atom. The lowest BCUT2D eigenvalue weighted by molar-refractivity contribution is -0.123. The molecule has 2 aromatic rings. The van der Waals surface area contributed by atoms with E-state index in [4.69, 9.17) is 0 Å². The molecule has 0 radical (unpaired) electrons. The molecule has 0 aromatic heterocycles. The van der Waals surface area contributed by atoms with E-state index in [0.29, 0.717) is 30.1 Å². The highest BCUT2D eigenvalue weighted by molar-refractivity contribution is 5.88. The van der Waals surface area contributed by atoms with E-state index in [1.165, 1.54) is 11.1 Å².